The van der Waals surface area contributed by atoms with Crippen molar-refractivity contribution in [3.8, 4) is 16.8 Å². The Morgan fingerprint density at radius 1 is 0.562 bits per heavy atom. The molecule has 1 aliphatic carbocycles. The van der Waals surface area contributed by atoms with E-state index in [1.807, 2.05) is 0 Å². The number of fused-ring (bicyclic) bond motifs is 8. The highest BCUT2D eigenvalue weighted by Crippen LogP contribution is 2.50. The lowest BCUT2D eigenvalue weighted by molar-refractivity contribution is 0.661. The van der Waals surface area contributed by atoms with Crippen molar-refractivity contribution < 1.29 is 0 Å². The molecule has 0 saturated carbocycles. The molecule has 0 unspecified atom stereocenters. The predicted molar refractivity (Wildman–Crippen MR) is 136 cm³/mol. The lowest BCUT2D eigenvalue weighted by atomic mass is 9.82. The van der Waals surface area contributed by atoms with Crippen LogP contribution in [-0.2, 0) is 5.41 Å². The van der Waals surface area contributed by atoms with Gasteiger partial charge in [0.1, 0.15) is 0 Å². The Bertz CT molecular complexity index is 1680. The van der Waals surface area contributed by atoms with E-state index in [0.717, 1.165) is 0 Å². The van der Waals surface area contributed by atoms with Gasteiger partial charge in [0.05, 0.1) is 11.0 Å². The Kier molecular flexibility index (Phi) is 3.40. The number of hydrogen-bond donors (Lipinski definition) is 0. The highest BCUT2D eigenvalue weighted by molar-refractivity contribution is 6.22. The fourth-order valence-electron chi connectivity index (χ4n) is 5.84. The van der Waals surface area contributed by atoms with Crippen molar-refractivity contribution in [3.05, 3.63) is 114 Å². The van der Waals surface area contributed by atoms with Crippen LogP contribution in [0.25, 0.3) is 49.4 Å². The van der Waals surface area contributed by atoms with Crippen LogP contribution in [0.4, 0.5) is 0 Å². The average molecular weight is 410 g/mol. The van der Waals surface area contributed by atoms with E-state index in [0.29, 0.717) is 0 Å². The summed E-state index contributed by atoms with van der Waals surface area (Å²) in [6, 6.07) is 37.9. The zero-order valence-corrected chi connectivity index (χ0v) is 18.3. The SMILES string of the molecule is CC1(C)c2ccccc2-c2cc3c(ccc4c3c3ccccc3n4-c3ccccc3)cc21. The number of para-hydroxylation sites is 2. The molecule has 0 atom stereocenters. The van der Waals surface area contributed by atoms with E-state index in [-0.39, 0.29) is 5.41 Å². The maximum atomic E-state index is 2.45. The number of nitrogens with zero attached hydrogens (tertiary/aromatic N) is 1. The Morgan fingerprint density at radius 2 is 1.31 bits per heavy atom. The van der Waals surface area contributed by atoms with Gasteiger partial charge in [0.2, 0.25) is 0 Å². The van der Waals surface area contributed by atoms with Gasteiger partial charge in [0, 0.05) is 21.9 Å². The molecule has 0 amide bonds. The van der Waals surface area contributed by atoms with Crippen LogP contribution in [0.1, 0.15) is 25.0 Å². The van der Waals surface area contributed by atoms with E-state index in [1.165, 1.54) is 60.5 Å². The van der Waals surface area contributed by atoms with Gasteiger partial charge in [-0.1, -0.05) is 80.6 Å². The highest BCUT2D eigenvalue weighted by Gasteiger charge is 2.35. The largest absolute Gasteiger partial charge is 0.309 e. The lowest BCUT2D eigenvalue weighted by Gasteiger charge is -2.21. The van der Waals surface area contributed by atoms with Crippen LogP contribution in [0.15, 0.2) is 103 Å². The molecule has 0 bridgehead atoms. The van der Waals surface area contributed by atoms with Crippen molar-refractivity contribution in [2.24, 2.45) is 0 Å². The van der Waals surface area contributed by atoms with E-state index in [4.69, 9.17) is 0 Å². The van der Waals surface area contributed by atoms with Crippen molar-refractivity contribution in [2.75, 3.05) is 0 Å². The summed E-state index contributed by atoms with van der Waals surface area (Å²) < 4.78 is 2.40. The number of hydrogen-bond acceptors (Lipinski definition) is 0. The summed E-state index contributed by atoms with van der Waals surface area (Å²) in [5.41, 5.74) is 9.34. The Labute approximate surface area is 187 Å². The van der Waals surface area contributed by atoms with Crippen molar-refractivity contribution in [2.45, 2.75) is 19.3 Å². The second-order valence-corrected chi connectivity index (χ2v) is 9.44. The van der Waals surface area contributed by atoms with Gasteiger partial charge >= 0.3 is 0 Å². The molecular formula is C31H23N. The fraction of sp³-hybridized carbons (Fsp3) is 0.0968. The Balaban J connectivity index is 1.66. The smallest absolute Gasteiger partial charge is 0.0547 e. The third-order valence-corrected chi connectivity index (χ3v) is 7.37. The van der Waals surface area contributed by atoms with Crippen LogP contribution >= 0.6 is 0 Å². The second kappa shape index (κ2) is 6.11. The monoisotopic (exact) mass is 409 g/mol. The third-order valence-electron chi connectivity index (χ3n) is 7.37. The first kappa shape index (κ1) is 17.8. The first-order valence-electron chi connectivity index (χ1n) is 11.3. The topological polar surface area (TPSA) is 4.93 Å². The Hall–Kier alpha value is -3.84. The zero-order chi connectivity index (χ0) is 21.4. The van der Waals surface area contributed by atoms with Gasteiger partial charge in [0.25, 0.3) is 0 Å². The molecule has 0 aliphatic heterocycles. The van der Waals surface area contributed by atoms with Crippen molar-refractivity contribution in [1.82, 2.24) is 4.57 Å². The average Bonchev–Trinajstić information content (AvgIpc) is 3.28. The van der Waals surface area contributed by atoms with Gasteiger partial charge in [-0.25, -0.2) is 0 Å². The standard InChI is InChI=1S/C31H23N/c1-31(2)26-14-8-6-12-22(26)25-19-24-20(18-27(25)31)16-17-29-30(24)23-13-7-9-15-28(23)32(29)21-10-4-3-5-11-21/h3-19H,1-2H3. The molecule has 0 saturated heterocycles. The molecule has 7 rings (SSSR count). The summed E-state index contributed by atoms with van der Waals surface area (Å²) in [5.74, 6) is 0. The minimum Gasteiger partial charge on any atom is -0.309 e. The first-order valence-corrected chi connectivity index (χ1v) is 11.3. The van der Waals surface area contributed by atoms with Crippen molar-refractivity contribution >= 4 is 32.6 Å². The molecule has 1 nitrogen and oxygen atoms in total. The van der Waals surface area contributed by atoms with Crippen molar-refractivity contribution in [3.63, 3.8) is 0 Å². The zero-order valence-electron chi connectivity index (χ0n) is 18.3. The minimum atomic E-state index is 0.0209. The molecule has 0 spiro atoms. The van der Waals surface area contributed by atoms with Gasteiger partial charge in [-0.05, 0) is 69.4 Å². The first-order chi connectivity index (χ1) is 15.6. The lowest BCUT2D eigenvalue weighted by Crippen LogP contribution is -2.14. The maximum absolute atomic E-state index is 2.45. The molecule has 5 aromatic carbocycles. The molecule has 1 aliphatic rings. The molecule has 152 valence electrons. The predicted octanol–water partition coefficient (Wildman–Crippen LogP) is 8.24. The summed E-state index contributed by atoms with van der Waals surface area (Å²) in [7, 11) is 0. The van der Waals surface area contributed by atoms with Crippen LogP contribution in [0.5, 0.6) is 0 Å². The number of benzene rings is 5. The van der Waals surface area contributed by atoms with Crippen LogP contribution in [0.2, 0.25) is 0 Å². The molecule has 0 fully saturated rings. The Morgan fingerprint density at radius 3 is 2.19 bits per heavy atom. The highest BCUT2D eigenvalue weighted by atomic mass is 15.0. The molecule has 1 heteroatoms. The van der Waals surface area contributed by atoms with Gasteiger partial charge in [-0.2, -0.15) is 0 Å². The van der Waals surface area contributed by atoms with Crippen LogP contribution < -0.4 is 0 Å². The molecular weight excluding hydrogens is 386 g/mol. The molecule has 32 heavy (non-hydrogen) atoms. The van der Waals surface area contributed by atoms with E-state index < -0.39 is 0 Å². The molecule has 6 aromatic rings. The van der Waals surface area contributed by atoms with Crippen molar-refractivity contribution in [1.29, 1.82) is 0 Å². The van der Waals surface area contributed by atoms with Crippen LogP contribution in [0, 0.1) is 0 Å². The van der Waals surface area contributed by atoms with Crippen LogP contribution in [0.3, 0.4) is 0 Å². The summed E-state index contributed by atoms with van der Waals surface area (Å²) in [4.78, 5) is 0. The summed E-state index contributed by atoms with van der Waals surface area (Å²) >= 11 is 0. The van der Waals surface area contributed by atoms with Crippen LogP contribution in [-0.4, -0.2) is 4.57 Å². The quantitative estimate of drug-likeness (QED) is 0.258. The van der Waals surface area contributed by atoms with Gasteiger partial charge in [-0.3, -0.25) is 0 Å². The molecule has 1 aromatic heterocycles. The summed E-state index contributed by atoms with van der Waals surface area (Å²) in [6.45, 7) is 4.70. The fourth-order valence-corrected chi connectivity index (χ4v) is 5.84. The van der Waals surface area contributed by atoms with E-state index >= 15 is 0 Å². The molecule has 1 heterocycles. The number of rotatable bonds is 1. The van der Waals surface area contributed by atoms with Gasteiger partial charge < -0.3 is 4.57 Å². The van der Waals surface area contributed by atoms with E-state index in [2.05, 4.69) is 122 Å². The van der Waals surface area contributed by atoms with E-state index in [1.54, 1.807) is 0 Å². The van der Waals surface area contributed by atoms with E-state index in [9.17, 15) is 0 Å². The summed E-state index contributed by atoms with van der Waals surface area (Å²) in [5, 5.41) is 5.29. The summed E-state index contributed by atoms with van der Waals surface area (Å²) in [6.07, 6.45) is 0. The molecule has 0 N–H and O–H groups in total. The normalized spacial score (nSPS) is 14.2. The number of aromatic nitrogens is 1. The third kappa shape index (κ3) is 2.18. The second-order valence-electron chi connectivity index (χ2n) is 9.44. The molecule has 0 radical (unpaired) electrons. The maximum Gasteiger partial charge on any atom is 0.0547 e. The van der Waals surface area contributed by atoms with Gasteiger partial charge in [0.15, 0.2) is 0 Å². The minimum absolute atomic E-state index is 0.0209. The van der Waals surface area contributed by atoms with Gasteiger partial charge in [-0.15, -0.1) is 0 Å².